The summed E-state index contributed by atoms with van der Waals surface area (Å²) in [4.78, 5) is 13.0. The van der Waals surface area contributed by atoms with Gasteiger partial charge in [0.15, 0.2) is 0 Å². The highest BCUT2D eigenvalue weighted by Gasteiger charge is 2.06. The number of carbonyl (C=O) groups is 1. The summed E-state index contributed by atoms with van der Waals surface area (Å²) < 4.78 is 0.908. The molecule has 1 amide bonds. The summed E-state index contributed by atoms with van der Waals surface area (Å²) in [5.74, 6) is 0.406. The molecule has 2 rings (SSSR count). The third-order valence-electron chi connectivity index (χ3n) is 2.51. The Hall–Kier alpha value is -1.26. The third-order valence-corrected chi connectivity index (χ3v) is 4.18. The van der Waals surface area contributed by atoms with E-state index < -0.39 is 0 Å². The molecule has 0 fully saturated rings. The minimum atomic E-state index is -0.00148. The van der Waals surface area contributed by atoms with Gasteiger partial charge in [0.1, 0.15) is 0 Å². The molecule has 98 valence electrons. The van der Waals surface area contributed by atoms with E-state index in [0.29, 0.717) is 5.75 Å². The first kappa shape index (κ1) is 14.2. The second kappa shape index (κ2) is 6.78. The van der Waals surface area contributed by atoms with Gasteiger partial charge in [-0.25, -0.2) is 0 Å². The van der Waals surface area contributed by atoms with Crippen molar-refractivity contribution in [2.75, 3.05) is 11.1 Å². The second-order valence-electron chi connectivity index (χ2n) is 4.13. The molecule has 2 aromatic carbocycles. The van der Waals surface area contributed by atoms with Crippen LogP contribution in [0.2, 0.25) is 0 Å². The molecule has 2 aromatic rings. The second-order valence-corrected chi connectivity index (χ2v) is 6.04. The third kappa shape index (κ3) is 4.40. The number of rotatable bonds is 4. The smallest absolute Gasteiger partial charge is 0.234 e. The monoisotopic (exact) mass is 335 g/mol. The number of amides is 1. The molecule has 2 nitrogen and oxygen atoms in total. The maximum atomic E-state index is 11.9. The molecule has 0 saturated carbocycles. The van der Waals surface area contributed by atoms with Crippen LogP contribution < -0.4 is 5.32 Å². The van der Waals surface area contributed by atoms with Gasteiger partial charge in [0.2, 0.25) is 5.91 Å². The molecule has 4 heteroatoms. The van der Waals surface area contributed by atoms with Crippen LogP contribution in [0.15, 0.2) is 57.9 Å². The Morgan fingerprint density at radius 3 is 2.63 bits per heavy atom. The number of benzene rings is 2. The fourth-order valence-electron chi connectivity index (χ4n) is 1.57. The lowest BCUT2D eigenvalue weighted by Gasteiger charge is -2.08. The first-order valence-electron chi connectivity index (χ1n) is 5.89. The predicted molar refractivity (Wildman–Crippen MR) is 84.7 cm³/mol. The van der Waals surface area contributed by atoms with Crippen LogP contribution in [0.4, 0.5) is 5.69 Å². The zero-order valence-electron chi connectivity index (χ0n) is 10.5. The van der Waals surface area contributed by atoms with Crippen LogP contribution in [0, 0.1) is 6.92 Å². The van der Waals surface area contributed by atoms with E-state index in [2.05, 4.69) is 21.2 Å². The molecule has 0 heterocycles. The van der Waals surface area contributed by atoms with Gasteiger partial charge in [-0.05, 0) is 52.7 Å². The first-order chi connectivity index (χ1) is 9.15. The summed E-state index contributed by atoms with van der Waals surface area (Å²) in [7, 11) is 0. The molecule has 0 aliphatic carbocycles. The van der Waals surface area contributed by atoms with Crippen molar-refractivity contribution in [3.05, 3.63) is 58.6 Å². The molecular weight excluding hydrogens is 322 g/mol. The molecule has 1 N–H and O–H groups in total. The van der Waals surface area contributed by atoms with E-state index in [1.54, 1.807) is 0 Å². The lowest BCUT2D eigenvalue weighted by molar-refractivity contribution is -0.113. The number of thioether (sulfide) groups is 1. The van der Waals surface area contributed by atoms with Gasteiger partial charge in [-0.2, -0.15) is 0 Å². The summed E-state index contributed by atoms with van der Waals surface area (Å²) in [6.45, 7) is 2.02. The maximum absolute atomic E-state index is 11.9. The Morgan fingerprint density at radius 1 is 1.21 bits per heavy atom. The van der Waals surface area contributed by atoms with Crippen molar-refractivity contribution in [3.8, 4) is 0 Å². The normalized spacial score (nSPS) is 10.2. The van der Waals surface area contributed by atoms with Crippen molar-refractivity contribution in [1.82, 2.24) is 0 Å². The van der Waals surface area contributed by atoms with Gasteiger partial charge in [0, 0.05) is 9.37 Å². The fraction of sp³-hybridized carbons (Fsp3) is 0.133. The van der Waals surface area contributed by atoms with Crippen LogP contribution in [-0.4, -0.2) is 11.7 Å². The van der Waals surface area contributed by atoms with Crippen LogP contribution in [0.3, 0.4) is 0 Å². The number of hydrogen-bond donors (Lipinski definition) is 1. The summed E-state index contributed by atoms with van der Waals surface area (Å²) in [6.07, 6.45) is 0. The van der Waals surface area contributed by atoms with Crippen LogP contribution in [0.1, 0.15) is 5.56 Å². The lowest BCUT2D eigenvalue weighted by atomic mass is 10.2. The Labute approximate surface area is 125 Å². The number of halogens is 1. The Kier molecular flexibility index (Phi) is 5.05. The minimum absolute atomic E-state index is 0.00148. The fourth-order valence-corrected chi connectivity index (χ4v) is 2.89. The first-order valence-corrected chi connectivity index (χ1v) is 7.67. The maximum Gasteiger partial charge on any atom is 0.234 e. The predicted octanol–water partition coefficient (Wildman–Crippen LogP) is 4.49. The molecule has 0 aliphatic heterocycles. The molecule has 19 heavy (non-hydrogen) atoms. The quantitative estimate of drug-likeness (QED) is 0.834. The van der Waals surface area contributed by atoms with Crippen LogP contribution in [0.25, 0.3) is 0 Å². The Balaban J connectivity index is 1.91. The summed E-state index contributed by atoms with van der Waals surface area (Å²) >= 11 is 4.98. The van der Waals surface area contributed by atoms with Gasteiger partial charge in [-0.1, -0.05) is 24.3 Å². The van der Waals surface area contributed by atoms with Gasteiger partial charge < -0.3 is 5.32 Å². The standard InChI is InChI=1S/C15H14BrNOS/c1-11-7-8-14(13(16)9-11)17-15(18)10-19-12-5-3-2-4-6-12/h2-9H,10H2,1H3,(H,17,18). The van der Waals surface area contributed by atoms with E-state index in [9.17, 15) is 4.79 Å². The van der Waals surface area contributed by atoms with Crippen molar-refractivity contribution in [3.63, 3.8) is 0 Å². The Bertz CT molecular complexity index is 572. The SMILES string of the molecule is Cc1ccc(NC(=O)CSc2ccccc2)c(Br)c1. The van der Waals surface area contributed by atoms with E-state index in [1.165, 1.54) is 11.8 Å². The number of nitrogens with one attached hydrogen (secondary N) is 1. The van der Waals surface area contributed by atoms with Crippen molar-refractivity contribution >= 4 is 39.3 Å². The van der Waals surface area contributed by atoms with E-state index in [-0.39, 0.29) is 5.91 Å². The zero-order chi connectivity index (χ0) is 13.7. The summed E-state index contributed by atoms with van der Waals surface area (Å²) in [6, 6.07) is 15.8. The van der Waals surface area contributed by atoms with Crippen molar-refractivity contribution < 1.29 is 4.79 Å². The van der Waals surface area contributed by atoms with Crippen molar-refractivity contribution in [1.29, 1.82) is 0 Å². The number of aryl methyl sites for hydroxylation is 1. The molecule has 0 radical (unpaired) electrons. The zero-order valence-corrected chi connectivity index (χ0v) is 12.9. The summed E-state index contributed by atoms with van der Waals surface area (Å²) in [5.41, 5.74) is 1.97. The van der Waals surface area contributed by atoms with Crippen LogP contribution >= 0.6 is 27.7 Å². The molecule has 0 bridgehead atoms. The highest BCUT2D eigenvalue weighted by Crippen LogP contribution is 2.24. The molecule has 0 saturated heterocycles. The average molecular weight is 336 g/mol. The highest BCUT2D eigenvalue weighted by atomic mass is 79.9. The van der Waals surface area contributed by atoms with E-state index in [4.69, 9.17) is 0 Å². The molecule has 0 atom stereocenters. The van der Waals surface area contributed by atoms with Gasteiger partial charge in [-0.15, -0.1) is 11.8 Å². The minimum Gasteiger partial charge on any atom is -0.324 e. The summed E-state index contributed by atoms with van der Waals surface area (Å²) in [5, 5.41) is 2.90. The Morgan fingerprint density at radius 2 is 1.95 bits per heavy atom. The topological polar surface area (TPSA) is 29.1 Å². The molecule has 0 aliphatic rings. The average Bonchev–Trinajstić information content (AvgIpc) is 2.41. The number of carbonyl (C=O) groups excluding carboxylic acids is 1. The molecule has 0 spiro atoms. The van der Waals surface area contributed by atoms with E-state index in [1.807, 2.05) is 55.5 Å². The number of anilines is 1. The van der Waals surface area contributed by atoms with Gasteiger partial charge in [-0.3, -0.25) is 4.79 Å². The number of hydrogen-bond acceptors (Lipinski definition) is 2. The van der Waals surface area contributed by atoms with Crippen LogP contribution in [0.5, 0.6) is 0 Å². The molecule has 0 aromatic heterocycles. The van der Waals surface area contributed by atoms with Gasteiger partial charge >= 0.3 is 0 Å². The lowest BCUT2D eigenvalue weighted by Crippen LogP contribution is -2.14. The van der Waals surface area contributed by atoms with Crippen molar-refractivity contribution in [2.24, 2.45) is 0 Å². The van der Waals surface area contributed by atoms with E-state index >= 15 is 0 Å². The molecule has 0 unspecified atom stereocenters. The molecular formula is C15H14BrNOS. The highest BCUT2D eigenvalue weighted by molar-refractivity contribution is 9.10. The largest absolute Gasteiger partial charge is 0.324 e. The van der Waals surface area contributed by atoms with Gasteiger partial charge in [0.05, 0.1) is 11.4 Å². The van der Waals surface area contributed by atoms with E-state index in [0.717, 1.165) is 20.6 Å². The van der Waals surface area contributed by atoms with Gasteiger partial charge in [0.25, 0.3) is 0 Å². The van der Waals surface area contributed by atoms with Crippen molar-refractivity contribution in [2.45, 2.75) is 11.8 Å². The van der Waals surface area contributed by atoms with Crippen LogP contribution in [-0.2, 0) is 4.79 Å².